The van der Waals surface area contributed by atoms with Gasteiger partial charge >= 0.3 is 11.9 Å². The molecule has 0 spiro atoms. The minimum Gasteiger partial charge on any atom is -0.493 e. The van der Waals surface area contributed by atoms with E-state index < -0.39 is 23.3 Å². The number of ether oxygens (including phenoxy) is 3. The molecule has 6 rings (SSSR count). The molecule has 1 amide bonds. The molecule has 0 aromatic heterocycles. The summed E-state index contributed by atoms with van der Waals surface area (Å²) in [6, 6.07) is 32.8. The molecule has 1 fully saturated rings. The maximum atomic E-state index is 14.4. The van der Waals surface area contributed by atoms with Gasteiger partial charge in [0.1, 0.15) is 24.7 Å². The van der Waals surface area contributed by atoms with Crippen LogP contribution in [0.3, 0.4) is 0 Å². The Morgan fingerprint density at radius 3 is 1.98 bits per heavy atom. The molecule has 1 aliphatic carbocycles. The number of hydrogen-bond donors (Lipinski definition) is 5. The van der Waals surface area contributed by atoms with Crippen LogP contribution in [0.25, 0.3) is 32.7 Å². The number of guanidine groups is 1. The number of hydrogen-bond acceptors (Lipinski definition) is 7. The van der Waals surface area contributed by atoms with Crippen molar-refractivity contribution in [3.63, 3.8) is 0 Å². The number of nitrogens with two attached hydrogens (primary N) is 2. The maximum absolute atomic E-state index is 14.4. The number of amides is 1. The zero-order chi connectivity index (χ0) is 46.9. The van der Waals surface area contributed by atoms with Crippen LogP contribution >= 0.6 is 0 Å². The third-order valence-electron chi connectivity index (χ3n) is 12.7. The van der Waals surface area contributed by atoms with E-state index in [0.29, 0.717) is 63.5 Å². The van der Waals surface area contributed by atoms with Crippen LogP contribution < -0.4 is 37.0 Å². The summed E-state index contributed by atoms with van der Waals surface area (Å²) >= 11 is 0. The number of unbranched alkanes of at least 4 members (excludes halogenated alkanes) is 1. The zero-order valence-electron chi connectivity index (χ0n) is 38.8. The molecule has 5 aromatic carbocycles. The number of nitrogens with one attached hydrogen (secondary N) is 2. The molecule has 9 N–H and O–H groups in total. The molecule has 0 bridgehead atoms. The van der Waals surface area contributed by atoms with Crippen molar-refractivity contribution in [1.82, 2.24) is 5.32 Å². The fraction of sp³-hybridized carbons (Fsp3) is 0.426. The number of fused-ring (bicyclic) bond motifs is 2. The Hall–Kier alpha value is -6.27. The molecule has 1 saturated carbocycles. The summed E-state index contributed by atoms with van der Waals surface area (Å²) in [6.45, 7) is 5.81. The molecule has 0 heterocycles. The summed E-state index contributed by atoms with van der Waals surface area (Å²) in [6.07, 6.45) is 6.04. The van der Waals surface area contributed by atoms with Gasteiger partial charge in [0.15, 0.2) is 11.6 Å². The standard InChI is InChI=1S/C54H67N5O7/c1-37(2)27-32-64-47-25-23-39-17-6-8-20-43(39)49(47)50-44-21-9-7-18-40(44)24-26-48(50)65-36-42(60)33-41(19-10-13-30-55)51(62)59-45(22-14-31-58-53(56)57)46(61)34-54(28-11-12-29-54)52(63)66-35-38-15-4-3-5-16-38/h3-9,15-18,20-21,23-26,37,41,45H,10-14,19,22,27-36,55H2,1-2H3,(H,59,62)(H4,56,57,58)/p+2/t41-,45+/m0/s1. The number of ketones is 2. The predicted octanol–water partition coefficient (Wildman–Crippen LogP) is 6.33. The van der Waals surface area contributed by atoms with E-state index in [-0.39, 0.29) is 55.9 Å². The van der Waals surface area contributed by atoms with Crippen molar-refractivity contribution in [2.45, 2.75) is 104 Å². The van der Waals surface area contributed by atoms with E-state index in [2.05, 4.69) is 60.2 Å². The van der Waals surface area contributed by atoms with E-state index in [4.69, 9.17) is 25.7 Å². The monoisotopic (exact) mass is 900 g/mol. The average molecular weight is 900 g/mol. The van der Waals surface area contributed by atoms with Crippen LogP contribution in [0, 0.1) is 17.3 Å². The largest absolute Gasteiger partial charge is 0.493 e. The van der Waals surface area contributed by atoms with E-state index in [0.717, 1.165) is 69.7 Å². The Balaban J connectivity index is 1.22. The molecule has 350 valence electrons. The first-order chi connectivity index (χ1) is 32.0. The lowest BCUT2D eigenvalue weighted by Crippen LogP contribution is -2.78. The highest BCUT2D eigenvalue weighted by Gasteiger charge is 2.45. The van der Waals surface area contributed by atoms with Gasteiger partial charge in [0.2, 0.25) is 5.91 Å². The summed E-state index contributed by atoms with van der Waals surface area (Å²) in [5.41, 5.74) is 16.9. The number of benzene rings is 5. The van der Waals surface area contributed by atoms with E-state index >= 15 is 0 Å². The van der Waals surface area contributed by atoms with E-state index in [9.17, 15) is 19.2 Å². The van der Waals surface area contributed by atoms with E-state index in [1.54, 1.807) is 0 Å². The van der Waals surface area contributed by atoms with Crippen molar-refractivity contribution in [2.24, 2.45) is 28.7 Å². The summed E-state index contributed by atoms with van der Waals surface area (Å²) in [5, 5.41) is 7.06. The van der Waals surface area contributed by atoms with Crippen LogP contribution in [0.5, 0.6) is 11.5 Å². The van der Waals surface area contributed by atoms with Gasteiger partial charge in [0, 0.05) is 29.9 Å². The third-order valence-corrected chi connectivity index (χ3v) is 12.7. The Morgan fingerprint density at radius 1 is 0.742 bits per heavy atom. The Labute approximate surface area is 389 Å². The minimum absolute atomic E-state index is 0.0572. The second kappa shape index (κ2) is 24.3. The van der Waals surface area contributed by atoms with Crippen LogP contribution in [0.2, 0.25) is 0 Å². The fourth-order valence-corrected chi connectivity index (χ4v) is 9.03. The van der Waals surface area contributed by atoms with Crippen molar-refractivity contribution >= 4 is 50.9 Å². The van der Waals surface area contributed by atoms with Crippen LogP contribution in [0.15, 0.2) is 103 Å². The summed E-state index contributed by atoms with van der Waals surface area (Å²) in [5.74, 6) is -0.209. The second-order valence-electron chi connectivity index (χ2n) is 18.2. The van der Waals surface area contributed by atoms with E-state index in [1.165, 1.54) is 0 Å². The summed E-state index contributed by atoms with van der Waals surface area (Å²) in [7, 11) is 0. The van der Waals surface area contributed by atoms with Crippen molar-refractivity contribution in [3.05, 3.63) is 109 Å². The highest BCUT2D eigenvalue weighted by Crippen LogP contribution is 2.46. The number of carbonyl (C=O) groups excluding carboxylic acids is 4. The first-order valence-electron chi connectivity index (χ1n) is 23.7. The molecule has 0 aliphatic heterocycles. The van der Waals surface area contributed by atoms with Gasteiger partial charge in [-0.3, -0.25) is 35.6 Å². The molecule has 1 aliphatic rings. The maximum Gasteiger partial charge on any atom is 0.338 e. The first kappa shape index (κ1) is 49.2. The highest BCUT2D eigenvalue weighted by atomic mass is 16.5. The van der Waals surface area contributed by atoms with Gasteiger partial charge in [-0.1, -0.05) is 118 Å². The Kier molecular flexibility index (Phi) is 18.1. The van der Waals surface area contributed by atoms with Gasteiger partial charge in [0.25, 0.3) is 0 Å². The van der Waals surface area contributed by atoms with Crippen LogP contribution in [0.1, 0.15) is 96.5 Å². The number of rotatable bonds is 26. The molecule has 0 saturated heterocycles. The third kappa shape index (κ3) is 13.4. The van der Waals surface area contributed by atoms with Gasteiger partial charge in [-0.25, -0.2) is 0 Å². The fourth-order valence-electron chi connectivity index (χ4n) is 9.03. The lowest BCUT2D eigenvalue weighted by atomic mass is 9.79. The van der Waals surface area contributed by atoms with Crippen LogP contribution in [-0.4, -0.2) is 61.7 Å². The molecule has 12 nitrogen and oxygen atoms in total. The highest BCUT2D eigenvalue weighted by molar-refractivity contribution is 6.10. The first-order valence-corrected chi connectivity index (χ1v) is 23.7. The average Bonchev–Trinajstić information content (AvgIpc) is 3.80. The molecule has 66 heavy (non-hydrogen) atoms. The molecule has 0 radical (unpaired) electrons. The smallest absolute Gasteiger partial charge is 0.338 e. The second-order valence-corrected chi connectivity index (χ2v) is 18.2. The summed E-state index contributed by atoms with van der Waals surface area (Å²) in [4.78, 5) is 59.4. The number of quaternary nitrogens is 1. The molecule has 12 heteroatoms. The Morgan fingerprint density at radius 2 is 1.36 bits per heavy atom. The number of esters is 1. The number of Topliss-reactive ketones (excluding diaryl/α,β-unsaturated/α-hetero) is 2. The van der Waals surface area contributed by atoms with Crippen molar-refractivity contribution < 1.29 is 44.1 Å². The van der Waals surface area contributed by atoms with Gasteiger partial charge in [-0.05, 0) is 96.5 Å². The SMILES string of the molecule is CC(C)CCOc1ccc2ccccc2c1-c1c(OCC(=O)C[C@H](CCCC[NH3+])C(=O)N[C@H](CCC[NH+]=C(N)N)C(=O)CC2(C(=O)OCc3ccccc3)CCCC2)ccc2ccccc12. The van der Waals surface area contributed by atoms with Gasteiger partial charge < -0.3 is 25.3 Å². The molecular formula is C54H69N5O7+2. The van der Waals surface area contributed by atoms with Crippen LogP contribution in [-0.2, 0) is 30.5 Å². The van der Waals surface area contributed by atoms with Crippen LogP contribution in [0.4, 0.5) is 0 Å². The molecule has 2 atom stereocenters. The quantitative estimate of drug-likeness (QED) is 0.0182. The lowest BCUT2D eigenvalue weighted by molar-refractivity contribution is -0.459. The van der Waals surface area contributed by atoms with Gasteiger partial charge in [-0.2, -0.15) is 0 Å². The molecule has 5 aromatic rings. The van der Waals surface area contributed by atoms with Crippen molar-refractivity contribution in [1.29, 1.82) is 0 Å². The molecular weight excluding hydrogens is 831 g/mol. The Bertz CT molecular complexity index is 2440. The minimum atomic E-state index is -0.974. The lowest BCUT2D eigenvalue weighted by Gasteiger charge is -2.29. The van der Waals surface area contributed by atoms with E-state index in [1.807, 2.05) is 72.8 Å². The topological polar surface area (TPSA) is 202 Å². The van der Waals surface area contributed by atoms with Crippen molar-refractivity contribution in [2.75, 3.05) is 26.3 Å². The predicted molar refractivity (Wildman–Crippen MR) is 259 cm³/mol. The van der Waals surface area contributed by atoms with Gasteiger partial charge in [-0.15, -0.1) is 0 Å². The molecule has 0 unspecified atom stereocenters. The summed E-state index contributed by atoms with van der Waals surface area (Å²) < 4.78 is 18.8. The number of carbonyl (C=O) groups is 4. The normalized spacial score (nSPS) is 14.1. The zero-order valence-corrected chi connectivity index (χ0v) is 38.8. The van der Waals surface area contributed by atoms with Gasteiger partial charge in [0.05, 0.1) is 31.2 Å². The van der Waals surface area contributed by atoms with Crippen molar-refractivity contribution in [3.8, 4) is 22.6 Å².